The molecular formula is C29H29NO5. The number of aryl methyl sites for hydroxylation is 1. The second-order valence-corrected chi connectivity index (χ2v) is 8.85. The summed E-state index contributed by atoms with van der Waals surface area (Å²) < 4.78 is 22.9. The van der Waals surface area contributed by atoms with Crippen LogP contribution in [0.15, 0.2) is 54.3 Å². The van der Waals surface area contributed by atoms with Gasteiger partial charge < -0.3 is 18.9 Å². The molecule has 2 aliphatic rings. The second kappa shape index (κ2) is 9.47. The van der Waals surface area contributed by atoms with Gasteiger partial charge in [0, 0.05) is 24.2 Å². The van der Waals surface area contributed by atoms with Crippen LogP contribution in [0.5, 0.6) is 23.0 Å². The van der Waals surface area contributed by atoms with E-state index in [-0.39, 0.29) is 5.78 Å². The van der Waals surface area contributed by atoms with Crippen LogP contribution < -0.4 is 18.9 Å². The molecule has 3 aromatic rings. The normalized spacial score (nSPS) is 15.9. The predicted molar refractivity (Wildman–Crippen MR) is 134 cm³/mol. The number of ketones is 1. The maximum Gasteiger partial charge on any atom is 0.231 e. The van der Waals surface area contributed by atoms with Crippen LogP contribution >= 0.6 is 0 Å². The summed E-state index contributed by atoms with van der Waals surface area (Å²) in [6, 6.07) is 16.0. The van der Waals surface area contributed by atoms with E-state index in [2.05, 4.69) is 24.0 Å². The van der Waals surface area contributed by atoms with Crippen molar-refractivity contribution in [1.29, 1.82) is 0 Å². The number of carbonyl (C=O) groups excluding carboxylic acids is 1. The summed E-state index contributed by atoms with van der Waals surface area (Å²) in [6.45, 7) is 5.87. The zero-order valence-corrected chi connectivity index (χ0v) is 20.5. The van der Waals surface area contributed by atoms with Gasteiger partial charge in [-0.2, -0.15) is 0 Å². The van der Waals surface area contributed by atoms with Crippen molar-refractivity contribution in [3.63, 3.8) is 0 Å². The highest BCUT2D eigenvalue weighted by Gasteiger charge is 2.33. The molecule has 0 saturated heterocycles. The highest BCUT2D eigenvalue weighted by Crippen LogP contribution is 2.43. The van der Waals surface area contributed by atoms with E-state index in [1.807, 2.05) is 49.4 Å². The third kappa shape index (κ3) is 4.37. The Bertz CT molecular complexity index is 1310. The van der Waals surface area contributed by atoms with E-state index in [0.717, 1.165) is 34.4 Å². The smallest absolute Gasteiger partial charge is 0.231 e. The number of nitrogens with zero attached hydrogens (tertiary/aromatic N) is 1. The number of ether oxygens (including phenoxy) is 4. The Morgan fingerprint density at radius 2 is 1.71 bits per heavy atom. The molecule has 0 spiro atoms. The van der Waals surface area contributed by atoms with Crippen molar-refractivity contribution in [2.45, 2.75) is 33.4 Å². The Balaban J connectivity index is 1.37. The van der Waals surface area contributed by atoms with Crippen molar-refractivity contribution < 1.29 is 23.7 Å². The number of carbonyl (C=O) groups is 1. The van der Waals surface area contributed by atoms with Crippen molar-refractivity contribution >= 4 is 11.9 Å². The zero-order valence-electron chi connectivity index (χ0n) is 20.5. The molecule has 0 atom stereocenters. The van der Waals surface area contributed by atoms with Crippen molar-refractivity contribution in [2.75, 3.05) is 21.0 Å². The van der Waals surface area contributed by atoms with Crippen LogP contribution in [0.3, 0.4) is 0 Å². The summed E-state index contributed by atoms with van der Waals surface area (Å²) in [4.78, 5) is 15.4. The number of hydrogen-bond acceptors (Lipinski definition) is 6. The fourth-order valence-electron chi connectivity index (χ4n) is 4.64. The van der Waals surface area contributed by atoms with Gasteiger partial charge in [0.2, 0.25) is 5.78 Å². The third-order valence-electron chi connectivity index (χ3n) is 6.54. The molecule has 0 fully saturated rings. The van der Waals surface area contributed by atoms with E-state index in [0.29, 0.717) is 48.4 Å². The van der Waals surface area contributed by atoms with Crippen LogP contribution in [-0.4, -0.2) is 31.6 Å². The first-order valence-electron chi connectivity index (χ1n) is 11.8. The molecule has 3 aromatic carbocycles. The van der Waals surface area contributed by atoms with Gasteiger partial charge in [-0.3, -0.25) is 9.69 Å². The second-order valence-electron chi connectivity index (χ2n) is 8.85. The number of hydrogen-bond donors (Lipinski definition) is 0. The highest BCUT2D eigenvalue weighted by atomic mass is 16.5. The van der Waals surface area contributed by atoms with Crippen LogP contribution in [0.1, 0.15) is 45.1 Å². The van der Waals surface area contributed by atoms with Gasteiger partial charge in [-0.05, 0) is 54.3 Å². The van der Waals surface area contributed by atoms with Crippen LogP contribution in [0.2, 0.25) is 0 Å². The van der Waals surface area contributed by atoms with E-state index in [1.165, 1.54) is 5.56 Å². The average Bonchev–Trinajstić information content (AvgIpc) is 3.19. The lowest BCUT2D eigenvalue weighted by molar-refractivity contribution is 0.0876. The van der Waals surface area contributed by atoms with E-state index in [1.54, 1.807) is 14.2 Å². The SMILES string of the molecule is CCc1ccc(/C=C2\Oc3c(cc4c(c3C)OCN(Cc3ccc(OC)c(OC)c3)C4)C2=O)cc1. The molecule has 0 N–H and O–H groups in total. The fraction of sp³-hybridized carbons (Fsp3) is 0.276. The van der Waals surface area contributed by atoms with Crippen molar-refractivity contribution in [3.8, 4) is 23.0 Å². The molecule has 2 heterocycles. The molecular weight excluding hydrogens is 442 g/mol. The number of rotatable bonds is 6. The van der Waals surface area contributed by atoms with Gasteiger partial charge in [-0.1, -0.05) is 37.3 Å². The van der Waals surface area contributed by atoms with Crippen molar-refractivity contribution in [1.82, 2.24) is 4.90 Å². The largest absolute Gasteiger partial charge is 0.493 e. The Labute approximate surface area is 205 Å². The zero-order chi connectivity index (χ0) is 24.5. The quantitative estimate of drug-likeness (QED) is 0.440. The highest BCUT2D eigenvalue weighted by molar-refractivity contribution is 6.15. The topological polar surface area (TPSA) is 57.2 Å². The van der Waals surface area contributed by atoms with Crippen LogP contribution in [-0.2, 0) is 19.5 Å². The van der Waals surface area contributed by atoms with Gasteiger partial charge in [0.25, 0.3) is 0 Å². The van der Waals surface area contributed by atoms with Gasteiger partial charge in [-0.15, -0.1) is 0 Å². The number of Topliss-reactive ketones (excluding diaryl/α,β-unsaturated/α-hetero) is 1. The van der Waals surface area contributed by atoms with E-state index in [9.17, 15) is 4.79 Å². The van der Waals surface area contributed by atoms with Crippen LogP contribution in [0.4, 0.5) is 0 Å². The van der Waals surface area contributed by atoms with Gasteiger partial charge in [0.05, 0.1) is 19.8 Å². The minimum absolute atomic E-state index is 0.0949. The molecule has 0 saturated carbocycles. The monoisotopic (exact) mass is 471 g/mol. The molecule has 5 rings (SSSR count). The van der Waals surface area contributed by atoms with Crippen molar-refractivity contribution in [3.05, 3.63) is 87.7 Å². The average molecular weight is 472 g/mol. The first-order valence-corrected chi connectivity index (χ1v) is 11.8. The lowest BCUT2D eigenvalue weighted by Gasteiger charge is -2.30. The Kier molecular flexibility index (Phi) is 6.22. The van der Waals surface area contributed by atoms with Gasteiger partial charge in [-0.25, -0.2) is 0 Å². The van der Waals surface area contributed by atoms with Gasteiger partial charge >= 0.3 is 0 Å². The van der Waals surface area contributed by atoms with Crippen molar-refractivity contribution in [2.24, 2.45) is 0 Å². The Morgan fingerprint density at radius 1 is 0.971 bits per heavy atom. The maximum absolute atomic E-state index is 13.2. The Morgan fingerprint density at radius 3 is 2.43 bits per heavy atom. The number of methoxy groups -OCH3 is 2. The summed E-state index contributed by atoms with van der Waals surface area (Å²) >= 11 is 0. The third-order valence-corrected chi connectivity index (χ3v) is 6.54. The maximum atomic E-state index is 13.2. The summed E-state index contributed by atoms with van der Waals surface area (Å²) in [5, 5.41) is 0. The summed E-state index contributed by atoms with van der Waals surface area (Å²) in [5.41, 5.74) is 5.73. The minimum atomic E-state index is -0.0949. The number of fused-ring (bicyclic) bond motifs is 2. The van der Waals surface area contributed by atoms with Crippen LogP contribution in [0.25, 0.3) is 6.08 Å². The molecule has 6 nitrogen and oxygen atoms in total. The summed E-state index contributed by atoms with van der Waals surface area (Å²) in [5.74, 6) is 3.04. The molecule has 0 unspecified atom stereocenters. The molecule has 0 aliphatic carbocycles. The van der Waals surface area contributed by atoms with Crippen LogP contribution in [0, 0.1) is 6.92 Å². The predicted octanol–water partition coefficient (Wildman–Crippen LogP) is 5.54. The summed E-state index contributed by atoms with van der Waals surface area (Å²) in [7, 11) is 3.26. The molecule has 180 valence electrons. The van der Waals surface area contributed by atoms with E-state index in [4.69, 9.17) is 18.9 Å². The Hall–Kier alpha value is -3.77. The van der Waals surface area contributed by atoms with E-state index >= 15 is 0 Å². The molecule has 0 amide bonds. The fourth-order valence-corrected chi connectivity index (χ4v) is 4.64. The van der Waals surface area contributed by atoms with E-state index < -0.39 is 0 Å². The summed E-state index contributed by atoms with van der Waals surface area (Å²) in [6.07, 6.45) is 2.79. The molecule has 0 radical (unpaired) electrons. The first-order chi connectivity index (χ1) is 17.0. The molecule has 2 aliphatic heterocycles. The lowest BCUT2D eigenvalue weighted by atomic mass is 9.99. The molecule has 0 bridgehead atoms. The molecule has 35 heavy (non-hydrogen) atoms. The molecule has 0 aromatic heterocycles. The molecule has 6 heteroatoms. The first kappa shape index (κ1) is 23.0. The lowest BCUT2D eigenvalue weighted by Crippen LogP contribution is -2.32. The standard InChI is InChI=1S/C29H29NO5/c1-5-19-6-8-20(9-7-19)12-26-27(31)23-14-22-16-30(17-34-28(22)18(2)29(23)35-26)15-21-10-11-24(32-3)25(13-21)33-4/h6-14H,5,15-17H2,1-4H3/b26-12-. The van der Waals surface area contributed by atoms with Gasteiger partial charge in [0.1, 0.15) is 18.2 Å². The number of benzene rings is 3. The van der Waals surface area contributed by atoms with Gasteiger partial charge in [0.15, 0.2) is 17.3 Å². The minimum Gasteiger partial charge on any atom is -0.493 e. The number of allylic oxidation sites excluding steroid dienone is 1.